The molecule has 2 fully saturated rings. The lowest BCUT2D eigenvalue weighted by Crippen LogP contribution is -2.53. The molecule has 2 aliphatic rings. The van der Waals surface area contributed by atoms with Gasteiger partial charge in [-0.25, -0.2) is 0 Å². The fourth-order valence-corrected chi connectivity index (χ4v) is 2.92. The first-order chi connectivity index (χ1) is 9.02. The first-order valence-electron chi connectivity index (χ1n) is 6.89. The normalized spacial score (nSPS) is 35.4. The van der Waals surface area contributed by atoms with Crippen LogP contribution in [-0.2, 0) is 14.3 Å². The number of nitrogens with zero attached hydrogens (tertiary/aromatic N) is 1. The van der Waals surface area contributed by atoms with Crippen molar-refractivity contribution in [3.63, 3.8) is 0 Å². The van der Waals surface area contributed by atoms with E-state index in [-0.39, 0.29) is 35.9 Å². The summed E-state index contributed by atoms with van der Waals surface area (Å²) < 4.78 is 5.26. The van der Waals surface area contributed by atoms with E-state index in [9.17, 15) is 9.59 Å². The molecular formula is C13H23N3O3. The van der Waals surface area contributed by atoms with Gasteiger partial charge >= 0.3 is 0 Å². The first-order valence-corrected chi connectivity index (χ1v) is 6.89. The van der Waals surface area contributed by atoms with Crippen molar-refractivity contribution in [1.82, 2.24) is 10.2 Å². The number of carbonyl (C=O) groups is 2. The van der Waals surface area contributed by atoms with E-state index < -0.39 is 0 Å². The lowest BCUT2D eigenvalue weighted by molar-refractivity contribution is -0.139. The molecule has 0 aromatic heterocycles. The van der Waals surface area contributed by atoms with Crippen molar-refractivity contribution in [2.45, 2.75) is 44.4 Å². The summed E-state index contributed by atoms with van der Waals surface area (Å²) in [6.45, 7) is 3.18. The lowest BCUT2D eigenvalue weighted by atomic mass is 9.92. The van der Waals surface area contributed by atoms with Gasteiger partial charge in [0.1, 0.15) is 0 Å². The van der Waals surface area contributed by atoms with Gasteiger partial charge in [-0.3, -0.25) is 9.59 Å². The van der Waals surface area contributed by atoms with Gasteiger partial charge in [-0.15, -0.1) is 0 Å². The van der Waals surface area contributed by atoms with Crippen LogP contribution in [0.25, 0.3) is 0 Å². The Labute approximate surface area is 113 Å². The van der Waals surface area contributed by atoms with Crippen molar-refractivity contribution in [2.75, 3.05) is 20.2 Å². The number of amides is 2. The van der Waals surface area contributed by atoms with Gasteiger partial charge in [0, 0.05) is 26.2 Å². The lowest BCUT2D eigenvalue weighted by Gasteiger charge is -2.38. The smallest absolute Gasteiger partial charge is 0.240 e. The molecule has 2 amide bonds. The molecule has 2 heterocycles. The zero-order valence-corrected chi connectivity index (χ0v) is 11.6. The van der Waals surface area contributed by atoms with Crippen molar-refractivity contribution in [1.29, 1.82) is 0 Å². The van der Waals surface area contributed by atoms with Gasteiger partial charge in [-0.05, 0) is 26.2 Å². The second-order valence-electron chi connectivity index (χ2n) is 5.57. The molecule has 2 rings (SSSR count). The van der Waals surface area contributed by atoms with Crippen molar-refractivity contribution in [3.05, 3.63) is 0 Å². The fraction of sp³-hybridized carbons (Fsp3) is 0.846. The fourth-order valence-electron chi connectivity index (χ4n) is 2.92. The molecule has 0 radical (unpaired) electrons. The SMILES string of the molecule is COC1CNC(C(=O)N2CC(C(N)=O)CCC2C)C1. The second kappa shape index (κ2) is 5.88. The number of rotatable bonds is 3. The standard InChI is InChI=1S/C13H23N3O3/c1-8-3-4-9(12(14)17)7-16(8)13(18)11-5-10(19-2)6-15-11/h8-11,15H,3-7H2,1-2H3,(H2,14,17). The van der Waals surface area contributed by atoms with Crippen molar-refractivity contribution < 1.29 is 14.3 Å². The molecule has 6 heteroatoms. The van der Waals surface area contributed by atoms with Gasteiger partial charge in [0.15, 0.2) is 0 Å². The van der Waals surface area contributed by atoms with E-state index in [1.807, 2.05) is 6.92 Å². The first kappa shape index (κ1) is 14.3. The molecule has 4 atom stereocenters. The van der Waals surface area contributed by atoms with Gasteiger partial charge in [0.2, 0.25) is 11.8 Å². The number of hydrogen-bond acceptors (Lipinski definition) is 4. The molecule has 0 spiro atoms. The van der Waals surface area contributed by atoms with E-state index in [2.05, 4.69) is 5.32 Å². The highest BCUT2D eigenvalue weighted by Crippen LogP contribution is 2.24. The van der Waals surface area contributed by atoms with Crippen LogP contribution in [0.5, 0.6) is 0 Å². The van der Waals surface area contributed by atoms with E-state index in [1.54, 1.807) is 12.0 Å². The maximum Gasteiger partial charge on any atom is 0.240 e. The van der Waals surface area contributed by atoms with Gasteiger partial charge in [-0.2, -0.15) is 0 Å². The van der Waals surface area contributed by atoms with Crippen molar-refractivity contribution in [2.24, 2.45) is 11.7 Å². The van der Waals surface area contributed by atoms with Crippen LogP contribution >= 0.6 is 0 Å². The summed E-state index contributed by atoms with van der Waals surface area (Å²) in [6.07, 6.45) is 2.40. The number of ether oxygens (including phenoxy) is 1. The summed E-state index contributed by atoms with van der Waals surface area (Å²) in [4.78, 5) is 25.6. The topological polar surface area (TPSA) is 84.7 Å². The molecule has 0 aromatic carbocycles. The van der Waals surface area contributed by atoms with Crippen LogP contribution in [0.2, 0.25) is 0 Å². The molecule has 0 bridgehead atoms. The molecule has 2 saturated heterocycles. The molecule has 6 nitrogen and oxygen atoms in total. The molecule has 4 unspecified atom stereocenters. The van der Waals surface area contributed by atoms with Crippen LogP contribution in [0.3, 0.4) is 0 Å². The summed E-state index contributed by atoms with van der Waals surface area (Å²) in [7, 11) is 1.66. The van der Waals surface area contributed by atoms with Crippen LogP contribution in [0.4, 0.5) is 0 Å². The largest absolute Gasteiger partial charge is 0.380 e. The number of nitrogens with one attached hydrogen (secondary N) is 1. The highest BCUT2D eigenvalue weighted by Gasteiger charge is 2.37. The molecule has 0 aromatic rings. The van der Waals surface area contributed by atoms with Gasteiger partial charge in [0.25, 0.3) is 0 Å². The Morgan fingerprint density at radius 1 is 1.37 bits per heavy atom. The highest BCUT2D eigenvalue weighted by molar-refractivity contribution is 5.84. The minimum Gasteiger partial charge on any atom is -0.380 e. The summed E-state index contributed by atoms with van der Waals surface area (Å²) in [5.74, 6) is -0.448. The number of primary amides is 1. The number of carbonyl (C=O) groups excluding carboxylic acids is 2. The summed E-state index contributed by atoms with van der Waals surface area (Å²) >= 11 is 0. The number of methoxy groups -OCH3 is 1. The van der Waals surface area contributed by atoms with Gasteiger partial charge in [-0.1, -0.05) is 0 Å². The predicted octanol–water partition coefficient (Wildman–Crippen LogP) is -0.524. The minimum absolute atomic E-state index is 0.0676. The Bertz CT molecular complexity index is 361. The molecule has 2 aliphatic heterocycles. The number of piperidine rings is 1. The van der Waals surface area contributed by atoms with E-state index in [4.69, 9.17) is 10.5 Å². The molecule has 19 heavy (non-hydrogen) atoms. The van der Waals surface area contributed by atoms with Gasteiger partial charge < -0.3 is 20.7 Å². The Kier molecular flexibility index (Phi) is 4.42. The maximum atomic E-state index is 12.5. The maximum absolute atomic E-state index is 12.5. The Balaban J connectivity index is 1.99. The number of likely N-dealkylation sites (tertiary alicyclic amines) is 1. The van der Waals surface area contributed by atoms with Crippen LogP contribution in [0.15, 0.2) is 0 Å². The van der Waals surface area contributed by atoms with Gasteiger partial charge in [0.05, 0.1) is 18.1 Å². The van der Waals surface area contributed by atoms with Crippen LogP contribution in [0.1, 0.15) is 26.2 Å². The summed E-state index contributed by atoms with van der Waals surface area (Å²) in [5, 5.41) is 3.19. The van der Waals surface area contributed by atoms with Crippen LogP contribution in [0, 0.1) is 5.92 Å². The molecular weight excluding hydrogens is 246 g/mol. The zero-order chi connectivity index (χ0) is 14.0. The number of hydrogen-bond donors (Lipinski definition) is 2. The summed E-state index contributed by atoms with van der Waals surface area (Å²) in [5.41, 5.74) is 5.36. The van der Waals surface area contributed by atoms with E-state index in [1.165, 1.54) is 0 Å². The summed E-state index contributed by atoms with van der Waals surface area (Å²) in [6, 6.07) is -0.0227. The monoisotopic (exact) mass is 269 g/mol. The van der Waals surface area contributed by atoms with Crippen LogP contribution in [-0.4, -0.2) is 55.1 Å². The third kappa shape index (κ3) is 3.06. The van der Waals surface area contributed by atoms with E-state index in [0.717, 1.165) is 12.8 Å². The molecule has 0 saturated carbocycles. The van der Waals surface area contributed by atoms with Crippen molar-refractivity contribution >= 4 is 11.8 Å². The van der Waals surface area contributed by atoms with E-state index in [0.29, 0.717) is 19.5 Å². The molecule has 108 valence electrons. The average Bonchev–Trinajstić information content (AvgIpc) is 2.87. The highest BCUT2D eigenvalue weighted by atomic mass is 16.5. The van der Waals surface area contributed by atoms with Crippen molar-refractivity contribution in [3.8, 4) is 0 Å². The Morgan fingerprint density at radius 2 is 2.11 bits per heavy atom. The zero-order valence-electron chi connectivity index (χ0n) is 11.6. The minimum atomic E-state index is -0.307. The third-order valence-corrected chi connectivity index (χ3v) is 4.29. The Hall–Kier alpha value is -1.14. The van der Waals surface area contributed by atoms with Crippen LogP contribution < -0.4 is 11.1 Å². The van der Waals surface area contributed by atoms with E-state index >= 15 is 0 Å². The quantitative estimate of drug-likeness (QED) is 0.722. The Morgan fingerprint density at radius 3 is 2.68 bits per heavy atom. The third-order valence-electron chi connectivity index (χ3n) is 4.29. The predicted molar refractivity (Wildman–Crippen MR) is 70.3 cm³/mol. The average molecular weight is 269 g/mol. The molecule has 3 N–H and O–H groups in total. The second-order valence-corrected chi connectivity index (χ2v) is 5.57. The molecule has 0 aliphatic carbocycles. The number of nitrogens with two attached hydrogens (primary N) is 1.